The van der Waals surface area contributed by atoms with Crippen molar-refractivity contribution in [1.29, 1.82) is 0 Å². The molecule has 4 rings (SSSR count). The highest BCUT2D eigenvalue weighted by Crippen LogP contribution is 2.31. The molecule has 1 unspecified atom stereocenters. The van der Waals surface area contributed by atoms with Gasteiger partial charge in [0, 0.05) is 16.3 Å². The number of thioether (sulfide) groups is 1. The average Bonchev–Trinajstić information content (AvgIpc) is 3.15. The standard InChI is InChI=1S/C14H13Cl2N5S/c15-8-3-4-9(10(16)6-8)12-7-22-14-19-18-13(21(14)20-12)11-2-1-5-17-11/h3-4,6,11,17H,1-2,5,7H2. The molecule has 3 heterocycles. The van der Waals surface area contributed by atoms with Crippen LogP contribution in [0.2, 0.25) is 10.0 Å². The van der Waals surface area contributed by atoms with Crippen molar-refractivity contribution in [2.75, 3.05) is 12.3 Å². The Morgan fingerprint density at radius 3 is 2.95 bits per heavy atom. The highest BCUT2D eigenvalue weighted by Gasteiger charge is 2.27. The van der Waals surface area contributed by atoms with Gasteiger partial charge in [0.1, 0.15) is 0 Å². The summed E-state index contributed by atoms with van der Waals surface area (Å²) in [7, 11) is 0. The normalized spacial score (nSPS) is 20.8. The second kappa shape index (κ2) is 5.85. The zero-order chi connectivity index (χ0) is 15.1. The van der Waals surface area contributed by atoms with Crippen LogP contribution in [0.1, 0.15) is 30.3 Å². The summed E-state index contributed by atoms with van der Waals surface area (Å²) in [5.41, 5.74) is 1.82. The summed E-state index contributed by atoms with van der Waals surface area (Å²) >= 11 is 13.9. The van der Waals surface area contributed by atoms with E-state index in [1.165, 1.54) is 0 Å². The largest absolute Gasteiger partial charge is 0.307 e. The Morgan fingerprint density at radius 1 is 1.27 bits per heavy atom. The third-order valence-electron chi connectivity index (χ3n) is 3.81. The van der Waals surface area contributed by atoms with Crippen molar-refractivity contribution in [2.24, 2.45) is 5.10 Å². The second-order valence-electron chi connectivity index (χ2n) is 5.26. The molecule has 5 nitrogen and oxygen atoms in total. The second-order valence-corrected chi connectivity index (χ2v) is 7.05. The number of halogens is 2. The highest BCUT2D eigenvalue weighted by molar-refractivity contribution is 7.99. The maximum Gasteiger partial charge on any atom is 0.212 e. The highest BCUT2D eigenvalue weighted by atomic mass is 35.5. The van der Waals surface area contributed by atoms with Crippen molar-refractivity contribution >= 4 is 40.7 Å². The van der Waals surface area contributed by atoms with E-state index in [0.29, 0.717) is 10.0 Å². The molecule has 114 valence electrons. The van der Waals surface area contributed by atoms with Gasteiger partial charge >= 0.3 is 0 Å². The summed E-state index contributed by atoms with van der Waals surface area (Å²) in [4.78, 5) is 0. The zero-order valence-electron chi connectivity index (χ0n) is 11.6. The van der Waals surface area contributed by atoms with Crippen LogP contribution in [0.15, 0.2) is 28.5 Å². The number of hydrogen-bond donors (Lipinski definition) is 1. The molecule has 2 aliphatic heterocycles. The summed E-state index contributed by atoms with van der Waals surface area (Å²) in [6.45, 7) is 1.01. The quantitative estimate of drug-likeness (QED) is 0.899. The van der Waals surface area contributed by atoms with Gasteiger partial charge in [-0.2, -0.15) is 9.78 Å². The third kappa shape index (κ3) is 2.54. The molecule has 22 heavy (non-hydrogen) atoms. The molecule has 1 aromatic carbocycles. The van der Waals surface area contributed by atoms with Crippen molar-refractivity contribution in [1.82, 2.24) is 20.2 Å². The minimum atomic E-state index is 0.227. The molecule has 1 N–H and O–H groups in total. The van der Waals surface area contributed by atoms with Gasteiger partial charge in [-0.25, -0.2) is 0 Å². The lowest BCUT2D eigenvalue weighted by Crippen LogP contribution is -2.20. The fourth-order valence-corrected chi connectivity index (χ4v) is 4.07. The topological polar surface area (TPSA) is 55.1 Å². The van der Waals surface area contributed by atoms with Crippen LogP contribution in [0.25, 0.3) is 0 Å². The van der Waals surface area contributed by atoms with E-state index in [2.05, 4.69) is 15.5 Å². The van der Waals surface area contributed by atoms with Gasteiger partial charge in [0.2, 0.25) is 5.16 Å². The van der Waals surface area contributed by atoms with E-state index in [1.54, 1.807) is 17.8 Å². The Balaban J connectivity index is 1.75. The maximum absolute atomic E-state index is 6.30. The lowest BCUT2D eigenvalue weighted by Gasteiger charge is -2.16. The number of rotatable bonds is 2. The molecule has 0 saturated carbocycles. The summed E-state index contributed by atoms with van der Waals surface area (Å²) in [6.07, 6.45) is 2.22. The van der Waals surface area contributed by atoms with Crippen LogP contribution in [0.4, 0.5) is 0 Å². The predicted octanol–water partition coefficient (Wildman–Crippen LogP) is 3.37. The number of aromatic nitrogens is 3. The van der Waals surface area contributed by atoms with Gasteiger partial charge in [0.25, 0.3) is 0 Å². The van der Waals surface area contributed by atoms with Gasteiger partial charge in [-0.3, -0.25) is 0 Å². The summed E-state index contributed by atoms with van der Waals surface area (Å²) in [5.74, 6) is 1.60. The zero-order valence-corrected chi connectivity index (χ0v) is 13.9. The molecule has 1 atom stereocenters. The molecule has 0 spiro atoms. The molecular weight excluding hydrogens is 341 g/mol. The molecule has 0 radical (unpaired) electrons. The predicted molar refractivity (Wildman–Crippen MR) is 89.1 cm³/mol. The number of benzene rings is 1. The molecule has 1 aromatic heterocycles. The molecule has 0 aliphatic carbocycles. The van der Waals surface area contributed by atoms with Crippen molar-refractivity contribution < 1.29 is 0 Å². The van der Waals surface area contributed by atoms with Crippen molar-refractivity contribution in [2.45, 2.75) is 24.0 Å². The molecule has 2 aromatic rings. The molecule has 1 fully saturated rings. The fraction of sp³-hybridized carbons (Fsp3) is 0.357. The lowest BCUT2D eigenvalue weighted by atomic mass is 10.1. The van der Waals surface area contributed by atoms with Crippen LogP contribution in [-0.2, 0) is 0 Å². The number of nitrogens with one attached hydrogen (secondary N) is 1. The first-order chi connectivity index (χ1) is 10.7. The van der Waals surface area contributed by atoms with Crippen molar-refractivity contribution in [3.63, 3.8) is 0 Å². The Hall–Kier alpha value is -1.08. The minimum Gasteiger partial charge on any atom is -0.307 e. The average molecular weight is 354 g/mol. The van der Waals surface area contributed by atoms with Crippen LogP contribution in [0.5, 0.6) is 0 Å². The van der Waals surface area contributed by atoms with E-state index < -0.39 is 0 Å². The van der Waals surface area contributed by atoms with Gasteiger partial charge in [-0.05, 0) is 31.5 Å². The third-order valence-corrected chi connectivity index (χ3v) is 5.29. The van der Waals surface area contributed by atoms with Crippen LogP contribution in [-0.4, -0.2) is 32.9 Å². The van der Waals surface area contributed by atoms with Crippen molar-refractivity contribution in [3.05, 3.63) is 39.6 Å². The van der Waals surface area contributed by atoms with E-state index in [1.807, 2.05) is 16.8 Å². The SMILES string of the molecule is Clc1ccc(C2=Nn3c(nnc3C3CCCN3)SC2)c(Cl)c1. The maximum atomic E-state index is 6.30. The molecule has 2 aliphatic rings. The summed E-state index contributed by atoms with van der Waals surface area (Å²) in [6, 6.07) is 5.71. The number of nitrogens with zero attached hydrogens (tertiary/aromatic N) is 4. The first-order valence-corrected chi connectivity index (χ1v) is 8.81. The number of hydrogen-bond acceptors (Lipinski definition) is 5. The Kier molecular flexibility index (Phi) is 3.86. The molecule has 8 heteroatoms. The van der Waals surface area contributed by atoms with Gasteiger partial charge in [0.05, 0.1) is 16.8 Å². The van der Waals surface area contributed by atoms with E-state index in [4.69, 9.17) is 28.3 Å². The Labute approximate surface area is 142 Å². The van der Waals surface area contributed by atoms with Crippen LogP contribution < -0.4 is 5.32 Å². The number of fused-ring (bicyclic) bond motifs is 1. The molecule has 1 saturated heterocycles. The van der Waals surface area contributed by atoms with Gasteiger partial charge in [0.15, 0.2) is 5.82 Å². The summed E-state index contributed by atoms with van der Waals surface area (Å²) < 4.78 is 1.84. The summed E-state index contributed by atoms with van der Waals surface area (Å²) in [5, 5.41) is 18.8. The monoisotopic (exact) mass is 353 g/mol. The van der Waals surface area contributed by atoms with Gasteiger partial charge < -0.3 is 5.32 Å². The first-order valence-electron chi connectivity index (χ1n) is 7.07. The van der Waals surface area contributed by atoms with E-state index in [9.17, 15) is 0 Å². The van der Waals surface area contributed by atoms with Crippen LogP contribution >= 0.6 is 35.0 Å². The van der Waals surface area contributed by atoms with Crippen LogP contribution in [0, 0.1) is 0 Å². The van der Waals surface area contributed by atoms with Gasteiger partial charge in [-0.15, -0.1) is 10.2 Å². The van der Waals surface area contributed by atoms with Crippen molar-refractivity contribution in [3.8, 4) is 0 Å². The smallest absolute Gasteiger partial charge is 0.212 e. The van der Waals surface area contributed by atoms with Gasteiger partial charge in [-0.1, -0.05) is 41.0 Å². The molecule has 0 amide bonds. The van der Waals surface area contributed by atoms with E-state index in [0.717, 1.165) is 47.4 Å². The Morgan fingerprint density at radius 2 is 2.18 bits per heavy atom. The minimum absolute atomic E-state index is 0.227. The first kappa shape index (κ1) is 14.5. The molecular formula is C14H13Cl2N5S. The molecule has 0 bridgehead atoms. The Bertz CT molecular complexity index is 752. The lowest BCUT2D eigenvalue weighted by molar-refractivity contribution is 0.562. The van der Waals surface area contributed by atoms with E-state index in [-0.39, 0.29) is 6.04 Å². The van der Waals surface area contributed by atoms with E-state index >= 15 is 0 Å². The fourth-order valence-electron chi connectivity index (χ4n) is 2.72. The van der Waals surface area contributed by atoms with Crippen LogP contribution in [0.3, 0.4) is 0 Å².